The van der Waals surface area contributed by atoms with Crippen LogP contribution in [0.1, 0.15) is 18.4 Å². The molecule has 2 aromatic rings. The zero-order valence-corrected chi connectivity index (χ0v) is 11.1. The molecule has 0 bridgehead atoms. The average molecular weight is 289 g/mol. The molecule has 2 aromatic heterocycles. The van der Waals surface area contributed by atoms with Crippen LogP contribution in [0.2, 0.25) is 5.15 Å². The summed E-state index contributed by atoms with van der Waals surface area (Å²) in [4.78, 5) is 8.76. The Morgan fingerprint density at radius 2 is 2.00 bits per heavy atom. The van der Waals surface area contributed by atoms with Crippen LogP contribution < -0.4 is 0 Å². The van der Waals surface area contributed by atoms with Crippen LogP contribution in [0.5, 0.6) is 0 Å². The zero-order valence-electron chi connectivity index (χ0n) is 8.80. The summed E-state index contributed by atoms with van der Waals surface area (Å²) in [6.45, 7) is 6.71. The first-order valence-corrected chi connectivity index (χ1v) is 5.91. The van der Waals surface area contributed by atoms with E-state index in [4.69, 9.17) is 11.6 Å². The van der Waals surface area contributed by atoms with Crippen molar-refractivity contribution in [3.8, 4) is 0 Å². The lowest BCUT2D eigenvalue weighted by Crippen LogP contribution is -1.98. The number of hydrogen-bond donors (Lipinski definition) is 0. The Morgan fingerprint density at radius 3 is 2.60 bits per heavy atom. The highest BCUT2D eigenvalue weighted by Crippen LogP contribution is 2.34. The lowest BCUT2D eigenvalue weighted by atomic mass is 10.3. The summed E-state index contributed by atoms with van der Waals surface area (Å²) in [5, 5.41) is 1.70. The van der Waals surface area contributed by atoms with Crippen molar-refractivity contribution in [3.05, 3.63) is 21.1 Å². The molecule has 0 spiro atoms. The molecular weight excluding hydrogens is 277 g/mol. The predicted molar refractivity (Wildman–Crippen MR) is 65.4 cm³/mol. The third kappa shape index (κ3) is 1.56. The molecular formula is C10H11BrClN3. The van der Waals surface area contributed by atoms with Crippen molar-refractivity contribution in [1.29, 1.82) is 0 Å². The summed E-state index contributed by atoms with van der Waals surface area (Å²) >= 11 is 9.69. The van der Waals surface area contributed by atoms with Gasteiger partial charge in [0.1, 0.15) is 16.6 Å². The van der Waals surface area contributed by atoms with Crippen molar-refractivity contribution in [1.82, 2.24) is 14.5 Å². The average Bonchev–Trinajstić information content (AvgIpc) is 2.39. The van der Waals surface area contributed by atoms with Gasteiger partial charge in [0.15, 0.2) is 0 Å². The van der Waals surface area contributed by atoms with Gasteiger partial charge in [0.05, 0.1) is 15.6 Å². The summed E-state index contributed by atoms with van der Waals surface area (Å²) in [5.74, 6) is 0.774. The predicted octanol–water partition coefficient (Wildman–Crippen LogP) is 3.48. The number of aryl methyl sites for hydroxylation is 3. The SMILES string of the molecule is CCn1c(Cl)c(Br)c2c(C)nc(C)nc21. The van der Waals surface area contributed by atoms with E-state index in [-0.39, 0.29) is 0 Å². The minimum absolute atomic E-state index is 0.690. The maximum absolute atomic E-state index is 6.21. The molecule has 0 atom stereocenters. The summed E-state index contributed by atoms with van der Waals surface area (Å²) in [5.41, 5.74) is 1.86. The first kappa shape index (κ1) is 10.9. The van der Waals surface area contributed by atoms with E-state index in [9.17, 15) is 0 Å². The molecule has 0 saturated carbocycles. The minimum Gasteiger partial charge on any atom is -0.316 e. The van der Waals surface area contributed by atoms with Crippen LogP contribution in [0.25, 0.3) is 11.0 Å². The molecule has 15 heavy (non-hydrogen) atoms. The molecule has 0 aromatic carbocycles. The highest BCUT2D eigenvalue weighted by molar-refractivity contribution is 9.10. The van der Waals surface area contributed by atoms with Gasteiger partial charge in [-0.1, -0.05) is 11.6 Å². The van der Waals surface area contributed by atoms with Crippen molar-refractivity contribution >= 4 is 38.6 Å². The van der Waals surface area contributed by atoms with Crippen LogP contribution in [0.4, 0.5) is 0 Å². The van der Waals surface area contributed by atoms with Gasteiger partial charge in [-0.05, 0) is 36.7 Å². The van der Waals surface area contributed by atoms with Gasteiger partial charge in [0, 0.05) is 6.54 Å². The van der Waals surface area contributed by atoms with Crippen LogP contribution in [-0.4, -0.2) is 14.5 Å². The van der Waals surface area contributed by atoms with Gasteiger partial charge in [0.25, 0.3) is 0 Å². The zero-order chi connectivity index (χ0) is 11.2. The van der Waals surface area contributed by atoms with E-state index < -0.39 is 0 Å². The Kier molecular flexibility index (Phi) is 2.73. The smallest absolute Gasteiger partial charge is 0.146 e. The summed E-state index contributed by atoms with van der Waals surface area (Å²) < 4.78 is 2.86. The lowest BCUT2D eigenvalue weighted by molar-refractivity contribution is 0.783. The largest absolute Gasteiger partial charge is 0.316 e. The molecule has 0 saturated heterocycles. The van der Waals surface area contributed by atoms with Crippen LogP contribution in [0, 0.1) is 13.8 Å². The van der Waals surface area contributed by atoms with E-state index in [2.05, 4.69) is 25.9 Å². The fourth-order valence-corrected chi connectivity index (χ4v) is 2.72. The molecule has 0 radical (unpaired) electrons. The van der Waals surface area contributed by atoms with Crippen LogP contribution >= 0.6 is 27.5 Å². The molecule has 0 aliphatic rings. The molecule has 3 nitrogen and oxygen atoms in total. The second-order valence-electron chi connectivity index (χ2n) is 3.40. The standard InChI is InChI=1S/C10H11BrClN3/c1-4-15-9(12)8(11)7-5(2)13-6(3)14-10(7)15/h4H2,1-3H3. The van der Waals surface area contributed by atoms with Gasteiger partial charge in [-0.2, -0.15) is 0 Å². The second-order valence-corrected chi connectivity index (χ2v) is 4.55. The minimum atomic E-state index is 0.690. The van der Waals surface area contributed by atoms with Gasteiger partial charge in [0.2, 0.25) is 0 Å². The van der Waals surface area contributed by atoms with Gasteiger partial charge < -0.3 is 4.57 Å². The van der Waals surface area contributed by atoms with Crippen molar-refractivity contribution < 1.29 is 0 Å². The van der Waals surface area contributed by atoms with Gasteiger partial charge >= 0.3 is 0 Å². The topological polar surface area (TPSA) is 30.7 Å². The third-order valence-electron chi connectivity index (χ3n) is 2.39. The number of hydrogen-bond acceptors (Lipinski definition) is 2. The maximum Gasteiger partial charge on any atom is 0.146 e. The number of aromatic nitrogens is 3. The Morgan fingerprint density at radius 1 is 1.33 bits per heavy atom. The van der Waals surface area contributed by atoms with E-state index in [1.807, 2.05) is 25.3 Å². The van der Waals surface area contributed by atoms with E-state index in [0.29, 0.717) is 5.15 Å². The van der Waals surface area contributed by atoms with Gasteiger partial charge in [-0.3, -0.25) is 0 Å². The molecule has 0 aliphatic carbocycles. The van der Waals surface area contributed by atoms with Crippen molar-refractivity contribution in [2.45, 2.75) is 27.3 Å². The summed E-state index contributed by atoms with van der Waals surface area (Å²) in [7, 11) is 0. The normalized spacial score (nSPS) is 11.3. The first-order valence-electron chi connectivity index (χ1n) is 4.74. The van der Waals surface area contributed by atoms with Crippen molar-refractivity contribution in [3.63, 3.8) is 0 Å². The monoisotopic (exact) mass is 287 g/mol. The summed E-state index contributed by atoms with van der Waals surface area (Å²) in [6, 6.07) is 0. The van der Waals surface area contributed by atoms with E-state index in [1.54, 1.807) is 0 Å². The highest BCUT2D eigenvalue weighted by atomic mass is 79.9. The van der Waals surface area contributed by atoms with Crippen LogP contribution in [-0.2, 0) is 6.54 Å². The molecule has 80 valence electrons. The van der Waals surface area contributed by atoms with Crippen LogP contribution in [0.3, 0.4) is 0 Å². The Labute approximate surface area is 102 Å². The second kappa shape index (κ2) is 3.76. The molecule has 0 N–H and O–H groups in total. The van der Waals surface area contributed by atoms with Gasteiger partial charge in [-0.15, -0.1) is 0 Å². The molecule has 5 heteroatoms. The number of nitrogens with zero attached hydrogens (tertiary/aromatic N) is 3. The van der Waals surface area contributed by atoms with E-state index in [0.717, 1.165) is 33.6 Å². The molecule has 0 unspecified atom stereocenters. The highest BCUT2D eigenvalue weighted by Gasteiger charge is 2.16. The van der Waals surface area contributed by atoms with Crippen LogP contribution in [0.15, 0.2) is 4.47 Å². The maximum atomic E-state index is 6.21. The molecule has 2 rings (SSSR count). The molecule has 2 heterocycles. The number of rotatable bonds is 1. The fraction of sp³-hybridized carbons (Fsp3) is 0.400. The Bertz CT molecular complexity index is 533. The lowest BCUT2D eigenvalue weighted by Gasteiger charge is -2.02. The van der Waals surface area contributed by atoms with Crippen molar-refractivity contribution in [2.24, 2.45) is 0 Å². The number of halogens is 2. The molecule has 0 fully saturated rings. The third-order valence-corrected chi connectivity index (χ3v) is 3.79. The van der Waals surface area contributed by atoms with Crippen molar-refractivity contribution in [2.75, 3.05) is 0 Å². The molecule has 0 amide bonds. The van der Waals surface area contributed by atoms with Gasteiger partial charge in [-0.25, -0.2) is 9.97 Å². The van der Waals surface area contributed by atoms with E-state index >= 15 is 0 Å². The number of fused-ring (bicyclic) bond motifs is 1. The quantitative estimate of drug-likeness (QED) is 0.804. The van der Waals surface area contributed by atoms with E-state index in [1.165, 1.54) is 0 Å². The summed E-state index contributed by atoms with van der Waals surface area (Å²) in [6.07, 6.45) is 0. The first-order chi connectivity index (χ1) is 7.06. The molecule has 0 aliphatic heterocycles. The Balaban J connectivity index is 2.97. The fourth-order valence-electron chi connectivity index (χ4n) is 1.75. The Hall–Kier alpha value is -0.610.